The summed E-state index contributed by atoms with van der Waals surface area (Å²) in [5.41, 5.74) is -0.816. The standard InChI is InChI=1S/C12H25NO4/c1-3-5-6-12(8-14)11(17)10(16)9(15)7-13(12)4-2/h9-11,14-17H,3-8H2,1-2H3/t9-,10+,11-,12-/m0/s1. The molecule has 0 aliphatic carbocycles. The minimum absolute atomic E-state index is 0.203. The molecule has 0 radical (unpaired) electrons. The molecule has 1 aliphatic rings. The van der Waals surface area contributed by atoms with Gasteiger partial charge in [-0.25, -0.2) is 0 Å². The van der Waals surface area contributed by atoms with Crippen LogP contribution < -0.4 is 0 Å². The van der Waals surface area contributed by atoms with Crippen LogP contribution in [-0.2, 0) is 0 Å². The van der Waals surface area contributed by atoms with Crippen LogP contribution in [0, 0.1) is 0 Å². The number of rotatable bonds is 5. The third kappa shape index (κ3) is 2.63. The van der Waals surface area contributed by atoms with Gasteiger partial charge in [-0.15, -0.1) is 0 Å². The van der Waals surface area contributed by atoms with Crippen LogP contribution >= 0.6 is 0 Å². The largest absolute Gasteiger partial charge is 0.394 e. The first-order valence-electron chi connectivity index (χ1n) is 6.43. The van der Waals surface area contributed by atoms with Gasteiger partial charge >= 0.3 is 0 Å². The van der Waals surface area contributed by atoms with Gasteiger partial charge in [0.05, 0.1) is 18.2 Å². The second-order valence-electron chi connectivity index (χ2n) is 4.91. The molecule has 0 amide bonds. The Labute approximate surface area is 103 Å². The molecule has 4 atom stereocenters. The lowest BCUT2D eigenvalue weighted by Crippen LogP contribution is -2.70. The molecule has 1 rings (SSSR count). The summed E-state index contributed by atoms with van der Waals surface area (Å²) in [7, 11) is 0. The van der Waals surface area contributed by atoms with E-state index < -0.39 is 23.9 Å². The van der Waals surface area contributed by atoms with Crippen molar-refractivity contribution in [3.05, 3.63) is 0 Å². The molecule has 1 heterocycles. The van der Waals surface area contributed by atoms with E-state index in [0.717, 1.165) is 12.8 Å². The van der Waals surface area contributed by atoms with Crippen molar-refractivity contribution in [2.45, 2.75) is 57.0 Å². The van der Waals surface area contributed by atoms with E-state index in [0.29, 0.717) is 19.5 Å². The third-order valence-corrected chi connectivity index (χ3v) is 3.92. The van der Waals surface area contributed by atoms with Gasteiger partial charge in [-0.1, -0.05) is 26.7 Å². The van der Waals surface area contributed by atoms with Crippen molar-refractivity contribution in [1.29, 1.82) is 0 Å². The Morgan fingerprint density at radius 2 is 1.88 bits per heavy atom. The SMILES string of the molecule is CCCC[C@]1(CO)[C@@H](O)[C@H](O)[C@@H](O)CN1CC. The molecule has 0 aromatic rings. The summed E-state index contributed by atoms with van der Waals surface area (Å²) in [6.07, 6.45) is -0.781. The molecule has 0 bridgehead atoms. The molecular formula is C12H25NO4. The van der Waals surface area contributed by atoms with Gasteiger partial charge in [0.25, 0.3) is 0 Å². The zero-order chi connectivity index (χ0) is 13.1. The van der Waals surface area contributed by atoms with E-state index in [1.54, 1.807) is 0 Å². The number of aliphatic hydroxyl groups is 4. The van der Waals surface area contributed by atoms with E-state index in [9.17, 15) is 20.4 Å². The summed E-state index contributed by atoms with van der Waals surface area (Å²) in [4.78, 5) is 1.88. The molecule has 0 spiro atoms. The molecule has 102 valence electrons. The molecule has 1 fully saturated rings. The first kappa shape index (κ1) is 14.9. The minimum atomic E-state index is -1.18. The Morgan fingerprint density at radius 1 is 1.24 bits per heavy atom. The summed E-state index contributed by atoms with van der Waals surface area (Å²) < 4.78 is 0. The lowest BCUT2D eigenvalue weighted by Gasteiger charge is -2.52. The van der Waals surface area contributed by atoms with Crippen molar-refractivity contribution >= 4 is 0 Å². The topological polar surface area (TPSA) is 84.2 Å². The predicted molar refractivity (Wildman–Crippen MR) is 64.6 cm³/mol. The summed E-state index contributed by atoms with van der Waals surface area (Å²) in [5, 5.41) is 39.3. The fourth-order valence-electron chi connectivity index (χ4n) is 2.74. The Balaban J connectivity index is 2.94. The Morgan fingerprint density at radius 3 is 2.35 bits per heavy atom. The Bertz CT molecular complexity index is 235. The number of β-amino-alcohol motifs (C(OH)–C–C–N with tert-alkyl or cyclic N) is 1. The van der Waals surface area contributed by atoms with Gasteiger partial charge in [-0.05, 0) is 13.0 Å². The lowest BCUT2D eigenvalue weighted by molar-refractivity contribution is -0.189. The van der Waals surface area contributed by atoms with Crippen LogP contribution in [0.4, 0.5) is 0 Å². The van der Waals surface area contributed by atoms with Crippen molar-refractivity contribution in [2.24, 2.45) is 0 Å². The summed E-state index contributed by atoms with van der Waals surface area (Å²) in [5.74, 6) is 0. The summed E-state index contributed by atoms with van der Waals surface area (Å²) >= 11 is 0. The molecular weight excluding hydrogens is 222 g/mol. The maximum absolute atomic E-state index is 10.2. The fraction of sp³-hybridized carbons (Fsp3) is 1.00. The maximum Gasteiger partial charge on any atom is 0.109 e. The molecule has 4 N–H and O–H groups in total. The molecule has 0 unspecified atom stereocenters. The number of nitrogens with zero attached hydrogens (tertiary/aromatic N) is 1. The highest BCUT2D eigenvalue weighted by atomic mass is 16.4. The monoisotopic (exact) mass is 247 g/mol. The van der Waals surface area contributed by atoms with E-state index in [2.05, 4.69) is 0 Å². The van der Waals surface area contributed by atoms with Gasteiger partial charge in [0.1, 0.15) is 12.2 Å². The number of likely N-dealkylation sites (tertiary alicyclic amines) is 1. The average Bonchev–Trinajstić information content (AvgIpc) is 2.35. The highest BCUT2D eigenvalue weighted by Gasteiger charge is 2.51. The highest BCUT2D eigenvalue weighted by molar-refractivity contribution is 5.05. The zero-order valence-corrected chi connectivity index (χ0v) is 10.7. The van der Waals surface area contributed by atoms with Crippen LogP contribution in [0.15, 0.2) is 0 Å². The van der Waals surface area contributed by atoms with Crippen molar-refractivity contribution < 1.29 is 20.4 Å². The zero-order valence-electron chi connectivity index (χ0n) is 10.7. The number of hydrogen-bond acceptors (Lipinski definition) is 5. The average molecular weight is 247 g/mol. The Hall–Kier alpha value is -0.200. The second kappa shape index (κ2) is 6.11. The van der Waals surface area contributed by atoms with Gasteiger partial charge in [0, 0.05) is 6.54 Å². The smallest absolute Gasteiger partial charge is 0.109 e. The van der Waals surface area contributed by atoms with Crippen molar-refractivity contribution in [1.82, 2.24) is 4.90 Å². The van der Waals surface area contributed by atoms with E-state index >= 15 is 0 Å². The third-order valence-electron chi connectivity index (χ3n) is 3.92. The normalized spacial score (nSPS) is 39.5. The van der Waals surface area contributed by atoms with Crippen molar-refractivity contribution in [3.8, 4) is 0 Å². The first-order chi connectivity index (χ1) is 8.03. The number of hydrogen-bond donors (Lipinski definition) is 4. The summed E-state index contributed by atoms with van der Waals surface area (Å²) in [6.45, 7) is 4.69. The molecule has 0 aromatic carbocycles. The second-order valence-corrected chi connectivity index (χ2v) is 4.91. The molecule has 5 heteroatoms. The van der Waals surface area contributed by atoms with Gasteiger partial charge in [-0.3, -0.25) is 4.90 Å². The number of piperidine rings is 1. The Kier molecular flexibility index (Phi) is 5.34. The first-order valence-corrected chi connectivity index (χ1v) is 6.43. The molecule has 5 nitrogen and oxygen atoms in total. The number of likely N-dealkylation sites (N-methyl/N-ethyl adjacent to an activating group) is 1. The van der Waals surface area contributed by atoms with Gasteiger partial charge in [0.2, 0.25) is 0 Å². The molecule has 1 aliphatic heterocycles. The van der Waals surface area contributed by atoms with E-state index in [1.165, 1.54) is 0 Å². The van der Waals surface area contributed by atoms with E-state index in [-0.39, 0.29) is 6.61 Å². The number of aliphatic hydroxyl groups excluding tert-OH is 4. The highest BCUT2D eigenvalue weighted by Crippen LogP contribution is 2.33. The maximum atomic E-state index is 10.2. The van der Waals surface area contributed by atoms with Crippen LogP contribution in [0.2, 0.25) is 0 Å². The fourth-order valence-corrected chi connectivity index (χ4v) is 2.74. The van der Waals surface area contributed by atoms with Gasteiger partial charge in [-0.2, -0.15) is 0 Å². The van der Waals surface area contributed by atoms with Crippen molar-refractivity contribution in [3.63, 3.8) is 0 Å². The van der Waals surface area contributed by atoms with Crippen LogP contribution in [0.1, 0.15) is 33.1 Å². The molecule has 17 heavy (non-hydrogen) atoms. The molecule has 1 saturated heterocycles. The quantitative estimate of drug-likeness (QED) is 0.518. The number of unbranched alkanes of at least 4 members (excludes halogenated alkanes) is 1. The summed E-state index contributed by atoms with van der Waals surface area (Å²) in [6, 6.07) is 0. The lowest BCUT2D eigenvalue weighted by atomic mass is 9.78. The minimum Gasteiger partial charge on any atom is -0.394 e. The van der Waals surface area contributed by atoms with Gasteiger partial charge < -0.3 is 20.4 Å². The molecule has 0 aromatic heterocycles. The van der Waals surface area contributed by atoms with Crippen LogP contribution in [0.25, 0.3) is 0 Å². The van der Waals surface area contributed by atoms with Crippen LogP contribution in [0.3, 0.4) is 0 Å². The van der Waals surface area contributed by atoms with Crippen LogP contribution in [0.5, 0.6) is 0 Å². The van der Waals surface area contributed by atoms with Gasteiger partial charge in [0.15, 0.2) is 0 Å². The van der Waals surface area contributed by atoms with Crippen molar-refractivity contribution in [2.75, 3.05) is 19.7 Å². The predicted octanol–water partition coefficient (Wildman–Crippen LogP) is -0.674. The van der Waals surface area contributed by atoms with Crippen LogP contribution in [-0.4, -0.2) is 68.9 Å². The molecule has 0 saturated carbocycles. The van der Waals surface area contributed by atoms with E-state index in [1.807, 2.05) is 18.7 Å². The van der Waals surface area contributed by atoms with E-state index in [4.69, 9.17) is 0 Å².